The van der Waals surface area contributed by atoms with Crippen LogP contribution in [0.2, 0.25) is 10.0 Å². The average molecular weight is 341 g/mol. The Labute approximate surface area is 137 Å². The molecule has 2 fully saturated rings. The number of carbonyl (C=O) groups is 1. The minimum atomic E-state index is -0.132. The van der Waals surface area contributed by atoms with E-state index in [0.29, 0.717) is 26.2 Å². The molecule has 1 aromatic carbocycles. The van der Waals surface area contributed by atoms with Gasteiger partial charge in [-0.3, -0.25) is 9.79 Å². The Kier molecular flexibility index (Phi) is 4.57. The first-order valence-electron chi connectivity index (χ1n) is 6.86. The Morgan fingerprint density at radius 1 is 1.29 bits per heavy atom. The third-order valence-electron chi connectivity index (χ3n) is 3.54. The van der Waals surface area contributed by atoms with Gasteiger partial charge >= 0.3 is 0 Å². The van der Waals surface area contributed by atoms with Crippen molar-refractivity contribution in [2.75, 3.05) is 0 Å². The molecule has 21 heavy (non-hydrogen) atoms. The molecule has 1 aromatic rings. The van der Waals surface area contributed by atoms with Crippen LogP contribution in [0.15, 0.2) is 28.1 Å². The van der Waals surface area contributed by atoms with E-state index in [1.165, 1.54) is 24.6 Å². The summed E-state index contributed by atoms with van der Waals surface area (Å²) in [4.78, 5) is 17.2. The Morgan fingerprint density at radius 2 is 2.05 bits per heavy atom. The van der Waals surface area contributed by atoms with Crippen molar-refractivity contribution in [2.45, 2.75) is 31.7 Å². The highest BCUT2D eigenvalue weighted by atomic mass is 35.5. The van der Waals surface area contributed by atoms with Gasteiger partial charge < -0.3 is 5.32 Å². The Balaban J connectivity index is 1.81. The number of thioether (sulfide) groups is 1. The molecule has 1 amide bonds. The lowest BCUT2D eigenvalue weighted by molar-refractivity contribution is -0.115. The highest BCUT2D eigenvalue weighted by molar-refractivity contribution is 8.18. The van der Waals surface area contributed by atoms with Crippen molar-refractivity contribution in [2.24, 2.45) is 4.99 Å². The van der Waals surface area contributed by atoms with Gasteiger partial charge in [-0.1, -0.05) is 48.2 Å². The number of rotatable bonds is 2. The number of hydrogen-bond acceptors (Lipinski definition) is 3. The number of halogens is 2. The Hall–Kier alpha value is -0.970. The fraction of sp³-hybridized carbons (Fsp3) is 0.333. The van der Waals surface area contributed by atoms with Crippen LogP contribution in [0.1, 0.15) is 31.2 Å². The van der Waals surface area contributed by atoms with E-state index in [2.05, 4.69) is 10.3 Å². The highest BCUT2D eigenvalue weighted by Crippen LogP contribution is 2.32. The molecule has 1 saturated carbocycles. The smallest absolute Gasteiger partial charge is 0.264 e. The predicted molar refractivity (Wildman–Crippen MR) is 89.9 cm³/mol. The van der Waals surface area contributed by atoms with Crippen LogP contribution in [0.5, 0.6) is 0 Å². The predicted octanol–water partition coefficient (Wildman–Crippen LogP) is 4.50. The maximum Gasteiger partial charge on any atom is 0.264 e. The molecule has 1 heterocycles. The quantitative estimate of drug-likeness (QED) is 0.805. The van der Waals surface area contributed by atoms with Crippen molar-refractivity contribution in [3.8, 4) is 0 Å². The van der Waals surface area contributed by atoms with Crippen LogP contribution in [0.4, 0.5) is 0 Å². The van der Waals surface area contributed by atoms with Gasteiger partial charge in [0.2, 0.25) is 0 Å². The standard InChI is InChI=1S/C15H14Cl2N2OS/c16-11-7-3-4-9(13(11)17)8-12-14(20)19-15(21-12)18-10-5-1-2-6-10/h3-4,7-8,10H,1-2,5-6H2,(H,18,19,20)/b12-8-. The van der Waals surface area contributed by atoms with Gasteiger partial charge in [-0.15, -0.1) is 0 Å². The van der Waals surface area contributed by atoms with E-state index in [-0.39, 0.29) is 5.91 Å². The first kappa shape index (κ1) is 14.9. The molecule has 110 valence electrons. The number of hydrogen-bond donors (Lipinski definition) is 1. The van der Waals surface area contributed by atoms with Crippen LogP contribution < -0.4 is 5.32 Å². The second-order valence-corrected chi connectivity index (χ2v) is 6.90. The summed E-state index contributed by atoms with van der Waals surface area (Å²) in [6, 6.07) is 5.72. The van der Waals surface area contributed by atoms with Gasteiger partial charge in [0.15, 0.2) is 5.17 Å². The zero-order valence-electron chi connectivity index (χ0n) is 11.2. The number of benzene rings is 1. The lowest BCUT2D eigenvalue weighted by Crippen LogP contribution is -2.21. The third kappa shape index (κ3) is 3.44. The molecular formula is C15H14Cl2N2OS. The fourth-order valence-corrected chi connectivity index (χ4v) is 3.71. The van der Waals surface area contributed by atoms with E-state index in [9.17, 15) is 4.79 Å². The van der Waals surface area contributed by atoms with Gasteiger partial charge in [0.1, 0.15) is 0 Å². The van der Waals surface area contributed by atoms with Crippen molar-refractivity contribution in [1.29, 1.82) is 0 Å². The van der Waals surface area contributed by atoms with Crippen molar-refractivity contribution < 1.29 is 4.79 Å². The van der Waals surface area contributed by atoms with Crippen LogP contribution in [0.25, 0.3) is 6.08 Å². The lowest BCUT2D eigenvalue weighted by Gasteiger charge is -2.02. The number of aliphatic imine (C=N–C) groups is 1. The van der Waals surface area contributed by atoms with Crippen molar-refractivity contribution in [1.82, 2.24) is 5.32 Å². The maximum absolute atomic E-state index is 12.0. The van der Waals surface area contributed by atoms with Crippen LogP contribution in [-0.2, 0) is 4.79 Å². The summed E-state index contributed by atoms with van der Waals surface area (Å²) < 4.78 is 0. The molecule has 0 bridgehead atoms. The van der Waals surface area contributed by atoms with E-state index in [1.807, 2.05) is 12.1 Å². The molecular weight excluding hydrogens is 327 g/mol. The van der Waals surface area contributed by atoms with Crippen molar-refractivity contribution in [3.63, 3.8) is 0 Å². The summed E-state index contributed by atoms with van der Waals surface area (Å²) in [6.07, 6.45) is 6.42. The number of amides is 1. The third-order valence-corrected chi connectivity index (χ3v) is 5.30. The molecule has 0 aromatic heterocycles. The van der Waals surface area contributed by atoms with Gasteiger partial charge in [-0.05, 0) is 42.3 Å². The lowest BCUT2D eigenvalue weighted by atomic mass is 10.2. The summed E-state index contributed by atoms with van der Waals surface area (Å²) in [5.74, 6) is -0.132. The van der Waals surface area contributed by atoms with Crippen LogP contribution in [0.3, 0.4) is 0 Å². The normalized spacial score (nSPS) is 23.2. The van der Waals surface area contributed by atoms with Crippen LogP contribution in [0, 0.1) is 0 Å². The minimum absolute atomic E-state index is 0.132. The van der Waals surface area contributed by atoms with Crippen molar-refractivity contribution in [3.05, 3.63) is 38.7 Å². The van der Waals surface area contributed by atoms with E-state index < -0.39 is 0 Å². The molecule has 0 spiro atoms. The fourth-order valence-electron chi connectivity index (χ4n) is 2.46. The summed E-state index contributed by atoms with van der Waals surface area (Å²) in [7, 11) is 0. The SMILES string of the molecule is O=C1NC(=NC2CCCC2)S/C1=C\c1cccc(Cl)c1Cl. The minimum Gasteiger partial charge on any atom is -0.301 e. The van der Waals surface area contributed by atoms with Gasteiger partial charge in [-0.2, -0.15) is 0 Å². The molecule has 1 aliphatic carbocycles. The highest BCUT2D eigenvalue weighted by Gasteiger charge is 2.25. The van der Waals surface area contributed by atoms with Crippen LogP contribution >= 0.6 is 35.0 Å². The second kappa shape index (κ2) is 6.42. The first-order chi connectivity index (χ1) is 10.1. The number of nitrogens with one attached hydrogen (secondary N) is 1. The van der Waals surface area contributed by atoms with Gasteiger partial charge in [0, 0.05) is 0 Å². The monoisotopic (exact) mass is 340 g/mol. The molecule has 1 saturated heterocycles. The molecule has 2 aliphatic rings. The van der Waals surface area contributed by atoms with Gasteiger partial charge in [0.25, 0.3) is 5.91 Å². The van der Waals surface area contributed by atoms with Crippen LogP contribution in [-0.4, -0.2) is 17.1 Å². The topological polar surface area (TPSA) is 41.5 Å². The van der Waals surface area contributed by atoms with E-state index in [1.54, 1.807) is 12.1 Å². The molecule has 0 atom stereocenters. The molecule has 3 nitrogen and oxygen atoms in total. The average Bonchev–Trinajstić information content (AvgIpc) is 3.06. The molecule has 1 N–H and O–H groups in total. The first-order valence-corrected chi connectivity index (χ1v) is 8.43. The molecule has 6 heteroatoms. The maximum atomic E-state index is 12.0. The van der Waals surface area contributed by atoms with Gasteiger partial charge in [-0.25, -0.2) is 0 Å². The Morgan fingerprint density at radius 3 is 2.81 bits per heavy atom. The number of carbonyl (C=O) groups excluding carboxylic acids is 1. The number of amidine groups is 1. The molecule has 0 radical (unpaired) electrons. The summed E-state index contributed by atoms with van der Waals surface area (Å²) in [6.45, 7) is 0. The van der Waals surface area contributed by atoms with Crippen molar-refractivity contribution >= 4 is 52.1 Å². The number of nitrogens with zero attached hydrogens (tertiary/aromatic N) is 1. The molecule has 0 unspecified atom stereocenters. The van der Waals surface area contributed by atoms with E-state index >= 15 is 0 Å². The van der Waals surface area contributed by atoms with E-state index in [4.69, 9.17) is 23.2 Å². The van der Waals surface area contributed by atoms with Gasteiger partial charge in [0.05, 0.1) is 21.0 Å². The summed E-state index contributed by atoms with van der Waals surface area (Å²) in [5, 5.41) is 4.45. The Bertz CT molecular complexity index is 637. The second-order valence-electron chi connectivity index (χ2n) is 5.08. The molecule has 3 rings (SSSR count). The molecule has 1 aliphatic heterocycles. The zero-order valence-corrected chi connectivity index (χ0v) is 13.6. The largest absolute Gasteiger partial charge is 0.301 e. The zero-order chi connectivity index (χ0) is 14.8. The summed E-state index contributed by atoms with van der Waals surface area (Å²) in [5.41, 5.74) is 0.740. The van der Waals surface area contributed by atoms with E-state index in [0.717, 1.165) is 18.4 Å². The summed E-state index contributed by atoms with van der Waals surface area (Å²) >= 11 is 13.5.